The number of nitrogens with zero attached hydrogens (tertiary/aromatic N) is 2. The average molecular weight is 764 g/mol. The van der Waals surface area contributed by atoms with E-state index in [-0.39, 0.29) is 46.9 Å². The third kappa shape index (κ3) is 9.85. The van der Waals surface area contributed by atoms with Crippen molar-refractivity contribution in [2.75, 3.05) is 27.2 Å². The lowest BCUT2D eigenvalue weighted by atomic mass is 9.83. The molecular weight excluding hydrogens is 702 g/mol. The second-order valence-corrected chi connectivity index (χ2v) is 18.3. The van der Waals surface area contributed by atoms with Crippen LogP contribution in [0.5, 0.6) is 0 Å². The van der Waals surface area contributed by atoms with Crippen molar-refractivity contribution in [2.24, 2.45) is 28.6 Å². The van der Waals surface area contributed by atoms with E-state index >= 15 is 0 Å². The molecule has 0 aromatic heterocycles. The lowest BCUT2D eigenvalue weighted by Gasteiger charge is -2.39. The van der Waals surface area contributed by atoms with Crippen molar-refractivity contribution in [1.29, 1.82) is 0 Å². The lowest BCUT2D eigenvalue weighted by molar-refractivity contribution is -0.145. The van der Waals surface area contributed by atoms with Gasteiger partial charge < -0.3 is 36.4 Å². The normalized spacial score (nSPS) is 23.9. The predicted octanol–water partition coefficient (Wildman–Crippen LogP) is 2.82. The number of hydrogen-bond donors (Lipinski definition) is 5. The van der Waals surface area contributed by atoms with Gasteiger partial charge in [0.2, 0.25) is 29.4 Å². The van der Waals surface area contributed by atoms with Crippen LogP contribution < -0.4 is 26.6 Å². The Morgan fingerprint density at radius 2 is 1.53 bits per heavy atom. The number of likely N-dealkylation sites (tertiary alicyclic amines) is 1. The zero-order valence-electron chi connectivity index (χ0n) is 33.8. The Morgan fingerprint density at radius 1 is 0.891 bits per heavy atom. The molecule has 0 radical (unpaired) electrons. The van der Waals surface area contributed by atoms with Gasteiger partial charge in [0.05, 0.1) is 12.6 Å². The Bertz CT molecular complexity index is 1650. The Balaban J connectivity index is 1.26. The third-order valence-electron chi connectivity index (χ3n) is 12.2. The Hall–Kier alpha value is -4.49. The molecule has 1 saturated heterocycles. The van der Waals surface area contributed by atoms with Gasteiger partial charge in [0.25, 0.3) is 5.91 Å². The number of likely N-dealkylation sites (N-methyl/N-ethyl adjacent to an activating group) is 1. The number of piperidine rings is 1. The van der Waals surface area contributed by atoms with E-state index in [1.165, 1.54) is 4.90 Å². The fourth-order valence-electron chi connectivity index (χ4n) is 8.51. The number of Topliss-reactive ketones (excluding diaryl/α,β-unsaturated/α-hetero) is 1. The van der Waals surface area contributed by atoms with E-state index in [1.54, 1.807) is 49.3 Å². The maximum Gasteiger partial charge on any atom is 0.315 e. The third-order valence-corrected chi connectivity index (χ3v) is 12.2. The number of benzene rings is 1. The van der Waals surface area contributed by atoms with Crippen LogP contribution in [0.2, 0.25) is 0 Å². The molecule has 1 aliphatic heterocycles. The SMILES string of the molecule is CN(C)C(=O)C(NC(=O)CNC(=O)C(=O)C(CC1CC1)NC(=O)[C@@H]1[C@@H]2[C@H](CN1C(=O)[C@@H](NC(=O)NC1(C)CCCCC1)C(C)(C)C)C2(C)C)c1ccccc1. The average Bonchev–Trinajstić information content (AvgIpc) is 3.98. The molecule has 3 saturated carbocycles. The summed E-state index contributed by atoms with van der Waals surface area (Å²) in [6, 6.07) is 4.30. The highest BCUT2D eigenvalue weighted by atomic mass is 16.2. The largest absolute Gasteiger partial charge is 0.347 e. The molecule has 302 valence electrons. The summed E-state index contributed by atoms with van der Waals surface area (Å²) >= 11 is 0. The summed E-state index contributed by atoms with van der Waals surface area (Å²) in [6.45, 7) is 11.5. The Labute approximate surface area is 325 Å². The number of rotatable bonds is 14. The lowest BCUT2D eigenvalue weighted by Crippen LogP contribution is -2.62. The first-order chi connectivity index (χ1) is 25.7. The van der Waals surface area contributed by atoms with Gasteiger partial charge in [-0.3, -0.25) is 28.8 Å². The summed E-state index contributed by atoms with van der Waals surface area (Å²) in [7, 11) is 3.14. The first-order valence-corrected chi connectivity index (χ1v) is 19.8. The second-order valence-electron chi connectivity index (χ2n) is 18.3. The van der Waals surface area contributed by atoms with Gasteiger partial charge in [-0.15, -0.1) is 0 Å². The standard InChI is InChI=1S/C41H61N7O7/c1-39(2,3)33(45-38(55)46-41(6)19-13-10-14-20-41)37(54)48-23-26-29(40(26,4)5)31(48)34(51)43-27(21-24-17-18-24)32(50)35(52)42-22-28(49)44-30(36(53)47(7)8)25-15-11-9-12-16-25/h9,11-12,15-16,24,26-27,29-31,33H,10,13-14,17-23H2,1-8H3,(H,42,52)(H,43,51)(H,44,49)(H2,45,46,55)/t26-,27?,29-,30?,31-,33+/m0/s1. The molecule has 1 aromatic carbocycles. The second kappa shape index (κ2) is 16.3. The van der Waals surface area contributed by atoms with Gasteiger partial charge in [0.15, 0.2) is 0 Å². The topological polar surface area (TPSA) is 186 Å². The molecule has 7 amide bonds. The summed E-state index contributed by atoms with van der Waals surface area (Å²) in [5.41, 5.74) is -0.694. The number of hydrogen-bond acceptors (Lipinski definition) is 7. The number of fused-ring (bicyclic) bond motifs is 1. The maximum atomic E-state index is 14.4. The number of carbonyl (C=O) groups is 7. The van der Waals surface area contributed by atoms with Crippen molar-refractivity contribution in [3.8, 4) is 0 Å². The van der Waals surface area contributed by atoms with Crippen LogP contribution in [0.3, 0.4) is 0 Å². The molecule has 1 aromatic rings. The summed E-state index contributed by atoms with van der Waals surface area (Å²) in [6.07, 6.45) is 6.87. The molecule has 0 bridgehead atoms. The van der Waals surface area contributed by atoms with Crippen LogP contribution >= 0.6 is 0 Å². The quantitative estimate of drug-likeness (QED) is 0.180. The van der Waals surface area contributed by atoms with Crippen LogP contribution in [0.1, 0.15) is 105 Å². The van der Waals surface area contributed by atoms with Gasteiger partial charge in [-0.1, -0.05) is 97.1 Å². The first-order valence-electron chi connectivity index (χ1n) is 19.8. The van der Waals surface area contributed by atoms with E-state index in [4.69, 9.17) is 0 Å². The molecule has 0 spiro atoms. The van der Waals surface area contributed by atoms with Crippen molar-refractivity contribution in [1.82, 2.24) is 36.4 Å². The predicted molar refractivity (Wildman–Crippen MR) is 206 cm³/mol. The number of nitrogens with one attached hydrogen (secondary N) is 5. The monoisotopic (exact) mass is 763 g/mol. The van der Waals surface area contributed by atoms with Crippen LogP contribution in [0.25, 0.3) is 0 Å². The zero-order chi connectivity index (χ0) is 40.5. The zero-order valence-corrected chi connectivity index (χ0v) is 33.8. The van der Waals surface area contributed by atoms with Crippen molar-refractivity contribution in [2.45, 2.75) is 123 Å². The van der Waals surface area contributed by atoms with Crippen molar-refractivity contribution in [3.63, 3.8) is 0 Å². The number of urea groups is 1. The van der Waals surface area contributed by atoms with E-state index in [0.717, 1.165) is 44.9 Å². The molecular formula is C41H61N7O7. The molecule has 14 heteroatoms. The summed E-state index contributed by atoms with van der Waals surface area (Å²) in [5.74, 6) is -3.79. The highest BCUT2D eigenvalue weighted by Gasteiger charge is 2.70. The molecule has 14 nitrogen and oxygen atoms in total. The van der Waals surface area contributed by atoms with E-state index in [9.17, 15) is 33.6 Å². The summed E-state index contributed by atoms with van der Waals surface area (Å²) < 4.78 is 0. The fourth-order valence-corrected chi connectivity index (χ4v) is 8.51. The van der Waals surface area contributed by atoms with Crippen molar-refractivity contribution >= 4 is 41.4 Å². The molecule has 1 heterocycles. The van der Waals surface area contributed by atoms with Crippen LogP contribution in [-0.2, 0) is 28.8 Å². The van der Waals surface area contributed by atoms with Gasteiger partial charge in [-0.05, 0) is 60.3 Å². The first kappa shape index (κ1) is 41.7. The Kier molecular flexibility index (Phi) is 12.4. The number of carbonyl (C=O) groups excluding carboxylic acids is 7. The van der Waals surface area contributed by atoms with Gasteiger partial charge in [0, 0.05) is 26.2 Å². The smallest absolute Gasteiger partial charge is 0.315 e. The highest BCUT2D eigenvalue weighted by Crippen LogP contribution is 2.65. The van der Waals surface area contributed by atoms with E-state index < -0.39 is 65.7 Å². The van der Waals surface area contributed by atoms with Crippen molar-refractivity contribution < 1.29 is 33.6 Å². The molecule has 5 rings (SSSR count). The molecule has 4 aliphatic rings. The molecule has 6 atom stereocenters. The minimum Gasteiger partial charge on any atom is -0.347 e. The van der Waals surface area contributed by atoms with Crippen LogP contribution in [0.15, 0.2) is 30.3 Å². The summed E-state index contributed by atoms with van der Waals surface area (Å²) in [5, 5.41) is 13.9. The van der Waals surface area contributed by atoms with E-state index in [2.05, 4.69) is 40.4 Å². The van der Waals surface area contributed by atoms with E-state index in [1.807, 2.05) is 27.7 Å². The van der Waals surface area contributed by atoms with Gasteiger partial charge >= 0.3 is 6.03 Å². The van der Waals surface area contributed by atoms with Crippen LogP contribution in [-0.4, -0.2) is 102 Å². The van der Waals surface area contributed by atoms with Crippen LogP contribution in [0.4, 0.5) is 4.79 Å². The van der Waals surface area contributed by atoms with Gasteiger partial charge in [0.1, 0.15) is 18.1 Å². The Morgan fingerprint density at radius 3 is 2.11 bits per heavy atom. The molecule has 2 unspecified atom stereocenters. The maximum absolute atomic E-state index is 14.4. The minimum atomic E-state index is -1.16. The van der Waals surface area contributed by atoms with Crippen molar-refractivity contribution in [3.05, 3.63) is 35.9 Å². The molecule has 4 fully saturated rings. The number of ketones is 1. The number of amides is 7. The highest BCUT2D eigenvalue weighted by molar-refractivity contribution is 6.38. The van der Waals surface area contributed by atoms with Crippen LogP contribution in [0, 0.1) is 28.6 Å². The van der Waals surface area contributed by atoms with E-state index in [0.29, 0.717) is 12.1 Å². The summed E-state index contributed by atoms with van der Waals surface area (Å²) in [4.78, 5) is 97.6. The molecule has 5 N–H and O–H groups in total. The van der Waals surface area contributed by atoms with Gasteiger partial charge in [-0.2, -0.15) is 0 Å². The minimum absolute atomic E-state index is 0.0567. The molecule has 55 heavy (non-hydrogen) atoms. The van der Waals surface area contributed by atoms with Gasteiger partial charge in [-0.25, -0.2) is 4.79 Å². The fraction of sp³-hybridized carbons (Fsp3) is 0.683. The molecule has 3 aliphatic carbocycles.